The number of halogens is 2. The molecule has 122 valence electrons. The zero-order chi connectivity index (χ0) is 17.1. The minimum atomic E-state index is -0.577. The van der Waals surface area contributed by atoms with Gasteiger partial charge in [0.2, 0.25) is 5.82 Å². The molecule has 2 aromatic carbocycles. The Labute approximate surface area is 145 Å². The Morgan fingerprint density at radius 3 is 2.75 bits per heavy atom. The molecule has 24 heavy (non-hydrogen) atoms. The molecule has 0 atom stereocenters. The second-order valence-electron chi connectivity index (χ2n) is 4.65. The molecule has 3 aromatic rings. The number of aromatic nitrogens is 2. The predicted octanol–water partition coefficient (Wildman–Crippen LogP) is 4.53. The van der Waals surface area contributed by atoms with E-state index in [1.807, 2.05) is 0 Å². The summed E-state index contributed by atoms with van der Waals surface area (Å²) in [5.41, 5.74) is 0.354. The van der Waals surface area contributed by atoms with Gasteiger partial charge in [-0.15, -0.1) is 0 Å². The van der Waals surface area contributed by atoms with E-state index >= 15 is 0 Å². The maximum absolute atomic E-state index is 11.0. The van der Waals surface area contributed by atoms with Crippen molar-refractivity contribution in [2.75, 3.05) is 0 Å². The van der Waals surface area contributed by atoms with Gasteiger partial charge in [0.05, 0.1) is 15.5 Å². The number of benzene rings is 2. The van der Waals surface area contributed by atoms with Crippen LogP contribution in [0.4, 0.5) is 5.69 Å². The molecule has 7 nitrogen and oxygen atoms in total. The molecule has 0 aliphatic rings. The Morgan fingerprint density at radius 2 is 2.00 bits per heavy atom. The van der Waals surface area contributed by atoms with E-state index in [0.717, 1.165) is 0 Å². The van der Waals surface area contributed by atoms with Crippen LogP contribution in [0, 0.1) is 10.1 Å². The van der Waals surface area contributed by atoms with Crippen LogP contribution in [0.2, 0.25) is 10.0 Å². The van der Waals surface area contributed by atoms with Gasteiger partial charge in [0.1, 0.15) is 0 Å². The molecule has 0 spiro atoms. The summed E-state index contributed by atoms with van der Waals surface area (Å²) in [6.07, 6.45) is 0. The summed E-state index contributed by atoms with van der Waals surface area (Å²) >= 11 is 11.8. The molecule has 0 saturated carbocycles. The lowest BCUT2D eigenvalue weighted by Crippen LogP contribution is -2.00. The first-order chi connectivity index (χ1) is 11.5. The largest absolute Gasteiger partial charge is 0.478 e. The number of hydrogen-bond acceptors (Lipinski definition) is 6. The van der Waals surface area contributed by atoms with E-state index < -0.39 is 4.92 Å². The smallest absolute Gasteiger partial charge is 0.312 e. The van der Waals surface area contributed by atoms with Crippen LogP contribution in [-0.4, -0.2) is 15.1 Å². The van der Waals surface area contributed by atoms with E-state index in [4.69, 9.17) is 32.5 Å². The molecular formula is C15H9Cl2N3O4. The van der Waals surface area contributed by atoms with E-state index in [1.54, 1.807) is 24.3 Å². The second kappa shape index (κ2) is 6.86. The minimum Gasteiger partial charge on any atom is -0.478 e. The van der Waals surface area contributed by atoms with Gasteiger partial charge in [-0.25, -0.2) is 0 Å². The molecule has 0 amide bonds. The third kappa shape index (κ3) is 3.47. The lowest BCUT2D eigenvalue weighted by atomic mass is 10.2. The Hall–Kier alpha value is -2.64. The zero-order valence-electron chi connectivity index (χ0n) is 12.0. The molecule has 0 bridgehead atoms. The van der Waals surface area contributed by atoms with Crippen LogP contribution >= 0.6 is 23.2 Å². The van der Waals surface area contributed by atoms with Crippen molar-refractivity contribution in [3.63, 3.8) is 0 Å². The van der Waals surface area contributed by atoms with Gasteiger partial charge in [-0.1, -0.05) is 40.5 Å². The van der Waals surface area contributed by atoms with E-state index in [9.17, 15) is 10.1 Å². The molecule has 1 aromatic heterocycles. The van der Waals surface area contributed by atoms with Crippen LogP contribution in [0.3, 0.4) is 0 Å². The van der Waals surface area contributed by atoms with E-state index in [1.165, 1.54) is 18.2 Å². The number of nitro benzene ring substituents is 1. The molecule has 0 saturated heterocycles. The van der Waals surface area contributed by atoms with Crippen LogP contribution in [0.25, 0.3) is 11.5 Å². The molecule has 1 heterocycles. The number of hydrogen-bond donors (Lipinski definition) is 0. The molecule has 3 rings (SSSR count). The summed E-state index contributed by atoms with van der Waals surface area (Å²) in [6.45, 7) is -0.101. The summed E-state index contributed by atoms with van der Waals surface area (Å²) in [5.74, 6) is 0.535. The lowest BCUT2D eigenvalue weighted by Gasteiger charge is -2.04. The average Bonchev–Trinajstić information content (AvgIpc) is 3.02. The summed E-state index contributed by atoms with van der Waals surface area (Å²) in [4.78, 5) is 14.6. The fourth-order valence-corrected chi connectivity index (χ4v) is 2.34. The predicted molar refractivity (Wildman–Crippen MR) is 87.2 cm³/mol. The van der Waals surface area contributed by atoms with Crippen LogP contribution in [0.15, 0.2) is 47.0 Å². The summed E-state index contributed by atoms with van der Waals surface area (Å²) in [5, 5.41) is 15.5. The Balaban J connectivity index is 1.77. The van der Waals surface area contributed by atoms with Crippen molar-refractivity contribution in [3.8, 4) is 17.2 Å². The highest BCUT2D eigenvalue weighted by molar-refractivity contribution is 6.33. The van der Waals surface area contributed by atoms with E-state index in [-0.39, 0.29) is 34.8 Å². The summed E-state index contributed by atoms with van der Waals surface area (Å²) in [7, 11) is 0. The van der Waals surface area contributed by atoms with Crippen molar-refractivity contribution in [1.29, 1.82) is 0 Å². The maximum atomic E-state index is 11.0. The summed E-state index contributed by atoms with van der Waals surface area (Å²) < 4.78 is 10.5. The molecule has 0 N–H and O–H groups in total. The minimum absolute atomic E-state index is 0.0634. The van der Waals surface area contributed by atoms with Gasteiger partial charge >= 0.3 is 5.69 Å². The fourth-order valence-electron chi connectivity index (χ4n) is 1.95. The van der Waals surface area contributed by atoms with Gasteiger partial charge in [-0.05, 0) is 24.3 Å². The van der Waals surface area contributed by atoms with Crippen molar-refractivity contribution in [2.24, 2.45) is 0 Å². The first-order valence-corrected chi connectivity index (χ1v) is 7.44. The third-order valence-corrected chi connectivity index (χ3v) is 3.61. The van der Waals surface area contributed by atoms with Crippen molar-refractivity contribution >= 4 is 28.9 Å². The van der Waals surface area contributed by atoms with Crippen LogP contribution in [0.1, 0.15) is 5.82 Å². The molecule has 9 heteroatoms. The lowest BCUT2D eigenvalue weighted by molar-refractivity contribution is -0.385. The topological polar surface area (TPSA) is 91.3 Å². The third-order valence-electron chi connectivity index (χ3n) is 3.05. The quantitative estimate of drug-likeness (QED) is 0.487. The highest BCUT2D eigenvalue weighted by Crippen LogP contribution is 2.31. The molecule has 0 aliphatic heterocycles. The monoisotopic (exact) mass is 365 g/mol. The number of nitro groups is 1. The van der Waals surface area contributed by atoms with Gasteiger partial charge in [0.15, 0.2) is 12.4 Å². The first-order valence-electron chi connectivity index (χ1n) is 6.69. The highest BCUT2D eigenvalue weighted by atomic mass is 35.5. The molecule has 0 unspecified atom stereocenters. The van der Waals surface area contributed by atoms with Gasteiger partial charge in [0.25, 0.3) is 5.89 Å². The van der Waals surface area contributed by atoms with Crippen molar-refractivity contribution in [3.05, 3.63) is 68.4 Å². The van der Waals surface area contributed by atoms with Gasteiger partial charge < -0.3 is 9.26 Å². The molecular weight excluding hydrogens is 357 g/mol. The van der Waals surface area contributed by atoms with Gasteiger partial charge in [-0.3, -0.25) is 10.1 Å². The second-order valence-corrected chi connectivity index (χ2v) is 5.50. The van der Waals surface area contributed by atoms with E-state index in [0.29, 0.717) is 10.6 Å². The van der Waals surface area contributed by atoms with Gasteiger partial charge in [0, 0.05) is 11.1 Å². The maximum Gasteiger partial charge on any atom is 0.312 e. The van der Waals surface area contributed by atoms with Crippen LogP contribution < -0.4 is 4.74 Å². The highest BCUT2D eigenvalue weighted by Gasteiger charge is 2.17. The van der Waals surface area contributed by atoms with Crippen LogP contribution in [0.5, 0.6) is 5.75 Å². The standard InChI is InChI=1S/C15H9Cl2N3O4/c16-9-5-6-13(12(7-9)20(21)22)23-8-14-18-15(24-19-14)10-3-1-2-4-11(10)17/h1-7H,8H2. The molecule has 0 fully saturated rings. The average molecular weight is 366 g/mol. The SMILES string of the molecule is O=[N+]([O-])c1cc(Cl)ccc1OCc1noc(-c2ccccc2Cl)n1. The Morgan fingerprint density at radius 1 is 1.21 bits per heavy atom. The van der Waals surface area contributed by atoms with E-state index in [2.05, 4.69) is 10.1 Å². The van der Waals surface area contributed by atoms with Crippen molar-refractivity contribution in [2.45, 2.75) is 6.61 Å². The Bertz CT molecular complexity index is 898. The fraction of sp³-hybridized carbons (Fsp3) is 0.0667. The normalized spacial score (nSPS) is 10.6. The number of ether oxygens (including phenoxy) is 1. The van der Waals surface area contributed by atoms with Crippen LogP contribution in [-0.2, 0) is 6.61 Å². The number of nitrogens with zero attached hydrogens (tertiary/aromatic N) is 3. The van der Waals surface area contributed by atoms with Gasteiger partial charge in [-0.2, -0.15) is 4.98 Å². The first kappa shape index (κ1) is 16.2. The Kier molecular flexibility index (Phi) is 4.64. The van der Waals surface area contributed by atoms with Crippen molar-refractivity contribution in [1.82, 2.24) is 10.1 Å². The van der Waals surface area contributed by atoms with Crippen molar-refractivity contribution < 1.29 is 14.2 Å². The summed E-state index contributed by atoms with van der Waals surface area (Å²) in [6, 6.07) is 11.1. The molecule has 0 radical (unpaired) electrons. The molecule has 0 aliphatic carbocycles. The zero-order valence-corrected chi connectivity index (χ0v) is 13.5. The number of rotatable bonds is 5.